The van der Waals surface area contributed by atoms with Crippen LogP contribution < -0.4 is 11.1 Å². The lowest BCUT2D eigenvalue weighted by Gasteiger charge is -2.03. The fraction of sp³-hybridized carbons (Fsp3) is 0.556. The molecule has 1 amide bonds. The number of nitrogens with one attached hydrogen (secondary N) is 1. The largest absolute Gasteiger partial charge is 0.320 e. The third-order valence-electron chi connectivity index (χ3n) is 2.16. The summed E-state index contributed by atoms with van der Waals surface area (Å²) >= 11 is 1.46. The lowest BCUT2D eigenvalue weighted by atomic mass is 10.3. The molecule has 1 aliphatic rings. The van der Waals surface area contributed by atoms with Gasteiger partial charge in [-0.15, -0.1) is 11.3 Å². The fourth-order valence-electron chi connectivity index (χ4n) is 1.13. The standard InChI is InChI=1S/C9H13N3OS/c1-5(10)8(13)12-9-11-7(4-14-9)6-2-3-6/h4-6H,2-3,10H2,1H3,(H,11,12,13)/t5-/m1/s1. The molecular weight excluding hydrogens is 198 g/mol. The molecule has 0 bridgehead atoms. The average molecular weight is 211 g/mol. The molecule has 0 saturated heterocycles. The summed E-state index contributed by atoms with van der Waals surface area (Å²) in [6.45, 7) is 1.66. The molecule has 5 heteroatoms. The van der Waals surface area contributed by atoms with Crippen LogP contribution in [0.15, 0.2) is 5.38 Å². The Morgan fingerprint density at radius 2 is 2.50 bits per heavy atom. The number of nitrogens with zero attached hydrogens (tertiary/aromatic N) is 1. The van der Waals surface area contributed by atoms with Gasteiger partial charge in [-0.3, -0.25) is 4.79 Å². The van der Waals surface area contributed by atoms with Gasteiger partial charge in [-0.2, -0.15) is 0 Å². The van der Waals surface area contributed by atoms with Crippen molar-refractivity contribution in [3.05, 3.63) is 11.1 Å². The van der Waals surface area contributed by atoms with E-state index in [0.717, 1.165) is 5.69 Å². The van der Waals surface area contributed by atoms with Crippen molar-refractivity contribution in [2.24, 2.45) is 5.73 Å². The van der Waals surface area contributed by atoms with Crippen LogP contribution in [0.4, 0.5) is 5.13 Å². The van der Waals surface area contributed by atoms with E-state index in [9.17, 15) is 4.79 Å². The van der Waals surface area contributed by atoms with E-state index >= 15 is 0 Å². The van der Waals surface area contributed by atoms with Gasteiger partial charge in [-0.05, 0) is 19.8 Å². The van der Waals surface area contributed by atoms with Gasteiger partial charge in [0.25, 0.3) is 0 Å². The van der Waals surface area contributed by atoms with Crippen molar-refractivity contribution in [3.8, 4) is 0 Å². The van der Waals surface area contributed by atoms with Crippen molar-refractivity contribution >= 4 is 22.4 Å². The predicted molar refractivity (Wildman–Crippen MR) is 56.4 cm³/mol. The van der Waals surface area contributed by atoms with Crippen molar-refractivity contribution in [2.45, 2.75) is 31.7 Å². The highest BCUT2D eigenvalue weighted by molar-refractivity contribution is 7.13. The molecule has 1 fully saturated rings. The maximum absolute atomic E-state index is 11.2. The van der Waals surface area contributed by atoms with Crippen LogP contribution in [0.3, 0.4) is 0 Å². The minimum atomic E-state index is -0.483. The summed E-state index contributed by atoms with van der Waals surface area (Å²) in [6, 6.07) is -0.483. The Bertz CT molecular complexity index is 344. The molecule has 1 aromatic heterocycles. The molecule has 0 radical (unpaired) electrons. The highest BCUT2D eigenvalue weighted by Gasteiger charge is 2.26. The Kier molecular flexibility index (Phi) is 2.52. The topological polar surface area (TPSA) is 68.0 Å². The Hall–Kier alpha value is -0.940. The normalized spacial score (nSPS) is 17.9. The Balaban J connectivity index is 1.99. The lowest BCUT2D eigenvalue weighted by molar-refractivity contribution is -0.117. The first-order valence-corrected chi connectivity index (χ1v) is 5.56. The molecule has 1 aromatic rings. The fourth-order valence-corrected chi connectivity index (χ4v) is 1.92. The van der Waals surface area contributed by atoms with Gasteiger partial charge in [-0.1, -0.05) is 0 Å². The van der Waals surface area contributed by atoms with Crippen LogP contribution in [0.2, 0.25) is 0 Å². The molecule has 2 rings (SSSR count). The summed E-state index contributed by atoms with van der Waals surface area (Å²) in [6.07, 6.45) is 2.45. The van der Waals surface area contributed by atoms with E-state index in [-0.39, 0.29) is 5.91 Å². The van der Waals surface area contributed by atoms with Gasteiger partial charge in [0.15, 0.2) is 5.13 Å². The van der Waals surface area contributed by atoms with Crippen LogP contribution in [-0.4, -0.2) is 16.9 Å². The van der Waals surface area contributed by atoms with E-state index < -0.39 is 6.04 Å². The number of hydrogen-bond donors (Lipinski definition) is 2. The summed E-state index contributed by atoms with van der Waals surface area (Å²) in [5.74, 6) is 0.453. The van der Waals surface area contributed by atoms with Gasteiger partial charge in [-0.25, -0.2) is 4.98 Å². The SMILES string of the molecule is C[C@@H](N)C(=O)Nc1nc(C2CC2)cs1. The first kappa shape index (κ1) is 9.61. The Morgan fingerprint density at radius 3 is 3.07 bits per heavy atom. The number of amides is 1. The number of thiazole rings is 1. The first-order valence-electron chi connectivity index (χ1n) is 4.68. The van der Waals surface area contributed by atoms with E-state index in [4.69, 9.17) is 5.73 Å². The number of carbonyl (C=O) groups excluding carboxylic acids is 1. The molecule has 0 aromatic carbocycles. The van der Waals surface area contributed by atoms with Crippen LogP contribution in [0.25, 0.3) is 0 Å². The molecule has 0 aliphatic heterocycles. The summed E-state index contributed by atoms with van der Waals surface area (Å²) in [4.78, 5) is 15.6. The number of anilines is 1. The first-order chi connectivity index (χ1) is 6.66. The second-order valence-electron chi connectivity index (χ2n) is 3.63. The van der Waals surface area contributed by atoms with Crippen molar-refractivity contribution in [2.75, 3.05) is 5.32 Å². The molecule has 3 N–H and O–H groups in total. The zero-order valence-corrected chi connectivity index (χ0v) is 8.80. The van der Waals surface area contributed by atoms with Crippen LogP contribution in [0, 0.1) is 0 Å². The minimum absolute atomic E-state index is 0.179. The van der Waals surface area contributed by atoms with Gasteiger partial charge < -0.3 is 11.1 Å². The van der Waals surface area contributed by atoms with Crippen LogP contribution in [0.5, 0.6) is 0 Å². The molecular formula is C9H13N3OS. The highest BCUT2D eigenvalue weighted by atomic mass is 32.1. The number of nitrogens with two attached hydrogens (primary N) is 1. The highest BCUT2D eigenvalue weighted by Crippen LogP contribution is 2.40. The molecule has 1 saturated carbocycles. The maximum Gasteiger partial charge on any atom is 0.242 e. The molecule has 1 atom stereocenters. The van der Waals surface area contributed by atoms with Crippen LogP contribution in [0.1, 0.15) is 31.4 Å². The smallest absolute Gasteiger partial charge is 0.242 e. The number of carbonyl (C=O) groups is 1. The summed E-state index contributed by atoms with van der Waals surface area (Å²) in [7, 11) is 0. The zero-order valence-electron chi connectivity index (χ0n) is 7.99. The molecule has 76 valence electrons. The van der Waals surface area contributed by atoms with E-state index in [1.165, 1.54) is 24.2 Å². The molecule has 0 spiro atoms. The van der Waals surface area contributed by atoms with Crippen LogP contribution >= 0.6 is 11.3 Å². The number of hydrogen-bond acceptors (Lipinski definition) is 4. The van der Waals surface area contributed by atoms with E-state index in [0.29, 0.717) is 11.0 Å². The lowest BCUT2D eigenvalue weighted by Crippen LogP contribution is -2.32. The van der Waals surface area contributed by atoms with Gasteiger partial charge in [0.1, 0.15) is 0 Å². The van der Waals surface area contributed by atoms with Crippen molar-refractivity contribution < 1.29 is 4.79 Å². The third-order valence-corrected chi connectivity index (χ3v) is 2.94. The Labute approximate surface area is 86.5 Å². The number of aromatic nitrogens is 1. The van der Waals surface area contributed by atoms with Crippen molar-refractivity contribution in [3.63, 3.8) is 0 Å². The average Bonchev–Trinajstić information content (AvgIpc) is 2.88. The predicted octanol–water partition coefficient (Wildman–Crippen LogP) is 1.31. The van der Waals surface area contributed by atoms with Gasteiger partial charge in [0.05, 0.1) is 11.7 Å². The monoisotopic (exact) mass is 211 g/mol. The van der Waals surface area contributed by atoms with Gasteiger partial charge in [0, 0.05) is 11.3 Å². The molecule has 4 nitrogen and oxygen atoms in total. The summed E-state index contributed by atoms with van der Waals surface area (Å²) in [5.41, 5.74) is 6.53. The quantitative estimate of drug-likeness (QED) is 0.792. The van der Waals surface area contributed by atoms with E-state index in [1.54, 1.807) is 6.92 Å². The molecule has 14 heavy (non-hydrogen) atoms. The molecule has 1 heterocycles. The molecule has 0 unspecified atom stereocenters. The van der Waals surface area contributed by atoms with Crippen LogP contribution in [-0.2, 0) is 4.79 Å². The summed E-state index contributed by atoms with van der Waals surface area (Å²) < 4.78 is 0. The zero-order chi connectivity index (χ0) is 10.1. The third kappa shape index (κ3) is 2.10. The number of rotatable bonds is 3. The second-order valence-corrected chi connectivity index (χ2v) is 4.49. The van der Waals surface area contributed by atoms with Crippen molar-refractivity contribution in [1.82, 2.24) is 4.98 Å². The maximum atomic E-state index is 11.2. The minimum Gasteiger partial charge on any atom is -0.320 e. The van der Waals surface area contributed by atoms with E-state index in [2.05, 4.69) is 10.3 Å². The Morgan fingerprint density at radius 1 is 1.79 bits per heavy atom. The van der Waals surface area contributed by atoms with Crippen molar-refractivity contribution in [1.29, 1.82) is 0 Å². The molecule has 1 aliphatic carbocycles. The second kappa shape index (κ2) is 3.67. The van der Waals surface area contributed by atoms with Gasteiger partial charge in [0.2, 0.25) is 5.91 Å². The van der Waals surface area contributed by atoms with Gasteiger partial charge >= 0.3 is 0 Å². The summed E-state index contributed by atoms with van der Waals surface area (Å²) in [5, 5.41) is 5.36. The van der Waals surface area contributed by atoms with E-state index in [1.807, 2.05) is 5.38 Å².